The van der Waals surface area contributed by atoms with Gasteiger partial charge in [-0.2, -0.15) is 0 Å². The quantitative estimate of drug-likeness (QED) is 0.527. The highest BCUT2D eigenvalue weighted by molar-refractivity contribution is 5.90. The Labute approximate surface area is 198 Å². The molecule has 33 heavy (non-hydrogen) atoms. The third kappa shape index (κ3) is 6.04. The van der Waals surface area contributed by atoms with Gasteiger partial charge in [0.25, 0.3) is 0 Å². The fourth-order valence-corrected chi connectivity index (χ4v) is 5.79. The van der Waals surface area contributed by atoms with Crippen LogP contribution in [0.1, 0.15) is 94.4 Å². The zero-order valence-electron chi connectivity index (χ0n) is 21.3. The molecule has 0 aromatic heterocycles. The normalized spacial score (nSPS) is 28.0. The van der Waals surface area contributed by atoms with E-state index in [-0.39, 0.29) is 29.7 Å². The lowest BCUT2D eigenvalue weighted by molar-refractivity contribution is -0.161. The van der Waals surface area contributed by atoms with E-state index in [0.29, 0.717) is 12.3 Å². The molecule has 182 valence electrons. The number of hydrogen-bond acceptors (Lipinski definition) is 5. The van der Waals surface area contributed by atoms with Crippen LogP contribution in [0, 0.1) is 38.0 Å². The maximum atomic E-state index is 13.4. The summed E-state index contributed by atoms with van der Waals surface area (Å²) in [6.45, 7) is 13.2. The van der Waals surface area contributed by atoms with Gasteiger partial charge in [-0.1, -0.05) is 17.7 Å². The largest absolute Gasteiger partial charge is 0.463 e. The van der Waals surface area contributed by atoms with Crippen molar-refractivity contribution in [3.05, 3.63) is 34.4 Å². The number of esters is 2. The lowest BCUT2D eigenvalue weighted by atomic mass is 9.79. The van der Waals surface area contributed by atoms with Crippen molar-refractivity contribution in [2.75, 3.05) is 0 Å². The summed E-state index contributed by atoms with van der Waals surface area (Å²) in [7, 11) is 0. The number of benzene rings is 1. The average molecular weight is 457 g/mol. The van der Waals surface area contributed by atoms with Crippen molar-refractivity contribution in [1.29, 1.82) is 0 Å². The molecule has 0 amide bonds. The van der Waals surface area contributed by atoms with E-state index in [4.69, 9.17) is 9.47 Å². The Kier molecular flexibility index (Phi) is 7.70. The molecule has 0 aliphatic heterocycles. The van der Waals surface area contributed by atoms with Crippen molar-refractivity contribution >= 4 is 17.7 Å². The van der Waals surface area contributed by atoms with Gasteiger partial charge < -0.3 is 9.47 Å². The Morgan fingerprint density at radius 1 is 0.970 bits per heavy atom. The molecule has 0 spiro atoms. The van der Waals surface area contributed by atoms with Crippen LogP contribution >= 0.6 is 0 Å². The fourth-order valence-electron chi connectivity index (χ4n) is 5.79. The van der Waals surface area contributed by atoms with Gasteiger partial charge in [0.2, 0.25) is 0 Å². The molecule has 0 bridgehead atoms. The van der Waals surface area contributed by atoms with Gasteiger partial charge in [0, 0.05) is 19.3 Å². The minimum Gasteiger partial charge on any atom is -0.463 e. The summed E-state index contributed by atoms with van der Waals surface area (Å²) in [6.07, 6.45) is 4.53. The van der Waals surface area contributed by atoms with Crippen LogP contribution in [-0.4, -0.2) is 29.9 Å². The standard InChI is InChI=1S/C28H40O5/c1-16-12-17(2)24(18(3)13-16)25-23(30)15-21(26(25)33-27(31)28(5,6)7)14-20-8-10-22(11-9-20)32-19(4)29/h12-13,20-22,25-26H,8-11,14-15H2,1-7H3. The van der Waals surface area contributed by atoms with Crippen LogP contribution in [-0.2, 0) is 23.9 Å². The highest BCUT2D eigenvalue weighted by Crippen LogP contribution is 2.45. The van der Waals surface area contributed by atoms with E-state index in [2.05, 4.69) is 32.9 Å². The van der Waals surface area contributed by atoms with Gasteiger partial charge in [0.05, 0.1) is 11.3 Å². The summed E-state index contributed by atoms with van der Waals surface area (Å²) in [5.74, 6) is -0.234. The topological polar surface area (TPSA) is 69.7 Å². The number of carbonyl (C=O) groups is 3. The van der Waals surface area contributed by atoms with Crippen molar-refractivity contribution in [2.24, 2.45) is 17.3 Å². The molecular formula is C28H40O5. The third-order valence-electron chi connectivity index (χ3n) is 7.27. The number of ether oxygens (including phenoxy) is 2. The van der Waals surface area contributed by atoms with Crippen LogP contribution in [0.3, 0.4) is 0 Å². The van der Waals surface area contributed by atoms with Gasteiger partial charge in [0.15, 0.2) is 0 Å². The molecule has 1 aromatic carbocycles. The first-order chi connectivity index (χ1) is 15.4. The Balaban J connectivity index is 1.84. The van der Waals surface area contributed by atoms with Gasteiger partial charge in [-0.05, 0) is 96.3 Å². The van der Waals surface area contributed by atoms with Crippen LogP contribution in [0.2, 0.25) is 0 Å². The van der Waals surface area contributed by atoms with Crippen molar-refractivity contribution in [3.8, 4) is 0 Å². The second-order valence-corrected chi connectivity index (χ2v) is 11.3. The van der Waals surface area contributed by atoms with Crippen molar-refractivity contribution in [2.45, 2.75) is 105 Å². The first-order valence-corrected chi connectivity index (χ1v) is 12.4. The van der Waals surface area contributed by atoms with Gasteiger partial charge in [-0.25, -0.2) is 0 Å². The second kappa shape index (κ2) is 9.99. The minimum absolute atomic E-state index is 0.00378. The fraction of sp³-hybridized carbons (Fsp3) is 0.679. The molecule has 2 aliphatic carbocycles. The molecule has 0 saturated heterocycles. The van der Waals surface area contributed by atoms with Gasteiger partial charge in [0.1, 0.15) is 18.0 Å². The van der Waals surface area contributed by atoms with Crippen molar-refractivity contribution in [3.63, 3.8) is 0 Å². The van der Waals surface area contributed by atoms with E-state index in [1.165, 1.54) is 12.5 Å². The van der Waals surface area contributed by atoms with Gasteiger partial charge in [-0.15, -0.1) is 0 Å². The van der Waals surface area contributed by atoms with Crippen molar-refractivity contribution in [1.82, 2.24) is 0 Å². The monoisotopic (exact) mass is 456 g/mol. The molecule has 1 aromatic rings. The highest BCUT2D eigenvalue weighted by atomic mass is 16.5. The Morgan fingerprint density at radius 2 is 1.55 bits per heavy atom. The van der Waals surface area contributed by atoms with Crippen molar-refractivity contribution < 1.29 is 23.9 Å². The molecule has 0 N–H and O–H groups in total. The number of rotatable bonds is 5. The highest BCUT2D eigenvalue weighted by Gasteiger charge is 2.48. The minimum atomic E-state index is -0.625. The van der Waals surface area contributed by atoms with E-state index >= 15 is 0 Å². The number of ketones is 1. The van der Waals surface area contributed by atoms with E-state index < -0.39 is 17.4 Å². The summed E-state index contributed by atoms with van der Waals surface area (Å²) in [6, 6.07) is 4.23. The van der Waals surface area contributed by atoms with E-state index in [0.717, 1.165) is 48.8 Å². The molecule has 2 saturated carbocycles. The lowest BCUT2D eigenvalue weighted by Gasteiger charge is -2.33. The van der Waals surface area contributed by atoms with Gasteiger partial charge >= 0.3 is 11.9 Å². The van der Waals surface area contributed by atoms with Crippen LogP contribution < -0.4 is 0 Å². The average Bonchev–Trinajstić information content (AvgIpc) is 2.96. The first kappa shape index (κ1) is 25.5. The number of hydrogen-bond donors (Lipinski definition) is 0. The summed E-state index contributed by atoms with van der Waals surface area (Å²) in [4.78, 5) is 37.6. The molecular weight excluding hydrogens is 416 g/mol. The van der Waals surface area contributed by atoms with Crippen LogP contribution in [0.15, 0.2) is 12.1 Å². The molecule has 3 rings (SSSR count). The lowest BCUT2D eigenvalue weighted by Crippen LogP contribution is -2.35. The maximum absolute atomic E-state index is 13.4. The molecule has 2 aliphatic rings. The Hall–Kier alpha value is -2.17. The molecule has 3 atom stereocenters. The molecule has 3 unspecified atom stereocenters. The molecule has 0 radical (unpaired) electrons. The zero-order valence-corrected chi connectivity index (χ0v) is 21.3. The summed E-state index contributed by atoms with van der Waals surface area (Å²) >= 11 is 0. The predicted molar refractivity (Wildman–Crippen MR) is 128 cm³/mol. The smallest absolute Gasteiger partial charge is 0.311 e. The SMILES string of the molecule is CC(=O)OC1CCC(CC2CC(=O)C(c3c(C)cc(C)cc3C)C2OC(=O)C(C)(C)C)CC1. The molecule has 5 heteroatoms. The summed E-state index contributed by atoms with van der Waals surface area (Å²) in [5, 5.41) is 0. The van der Waals surface area contributed by atoms with Crippen LogP contribution in [0.4, 0.5) is 0 Å². The molecule has 2 fully saturated rings. The summed E-state index contributed by atoms with van der Waals surface area (Å²) < 4.78 is 11.5. The van der Waals surface area contributed by atoms with E-state index in [1.807, 2.05) is 20.8 Å². The second-order valence-electron chi connectivity index (χ2n) is 11.3. The third-order valence-corrected chi connectivity index (χ3v) is 7.27. The number of Topliss-reactive ketones (excluding diaryl/α,β-unsaturated/α-hetero) is 1. The molecule has 5 nitrogen and oxygen atoms in total. The summed E-state index contributed by atoms with van der Waals surface area (Å²) in [5.41, 5.74) is 3.75. The first-order valence-electron chi connectivity index (χ1n) is 12.4. The van der Waals surface area contributed by atoms with Crippen LogP contribution in [0.25, 0.3) is 0 Å². The molecule has 0 heterocycles. The van der Waals surface area contributed by atoms with E-state index in [9.17, 15) is 14.4 Å². The maximum Gasteiger partial charge on any atom is 0.311 e. The predicted octanol–water partition coefficient (Wildman–Crippen LogP) is 5.75. The van der Waals surface area contributed by atoms with E-state index in [1.54, 1.807) is 0 Å². The zero-order chi connectivity index (χ0) is 24.5. The Bertz CT molecular complexity index is 878. The number of aryl methyl sites for hydroxylation is 3. The Morgan fingerprint density at radius 3 is 2.06 bits per heavy atom. The number of carbonyl (C=O) groups excluding carboxylic acids is 3. The van der Waals surface area contributed by atoms with Gasteiger partial charge in [-0.3, -0.25) is 14.4 Å². The van der Waals surface area contributed by atoms with Crippen LogP contribution in [0.5, 0.6) is 0 Å².